The molecule has 4 heterocycles. The zero-order valence-corrected chi connectivity index (χ0v) is 15.1. The van der Waals surface area contributed by atoms with E-state index in [0.717, 1.165) is 43.9 Å². The van der Waals surface area contributed by atoms with Gasteiger partial charge in [-0.05, 0) is 32.3 Å². The van der Waals surface area contributed by atoms with E-state index in [1.807, 2.05) is 38.0 Å². The van der Waals surface area contributed by atoms with Crippen molar-refractivity contribution in [2.24, 2.45) is 7.05 Å². The topological polar surface area (TPSA) is 76.2 Å². The molecular formula is C18H25N5O2. The highest BCUT2D eigenvalue weighted by Gasteiger charge is 2.49. The second-order valence-corrected chi connectivity index (χ2v) is 7.49. The number of piperidine rings is 1. The lowest BCUT2D eigenvalue weighted by Gasteiger charge is -2.42. The summed E-state index contributed by atoms with van der Waals surface area (Å²) in [6.07, 6.45) is 6.44. The fourth-order valence-corrected chi connectivity index (χ4v) is 4.39. The van der Waals surface area contributed by atoms with Crippen LogP contribution in [0.4, 0.5) is 0 Å². The Morgan fingerprint density at radius 3 is 2.72 bits per heavy atom. The molecule has 2 saturated heterocycles. The average molecular weight is 343 g/mol. The van der Waals surface area contributed by atoms with Gasteiger partial charge in [0.05, 0.1) is 11.9 Å². The normalized spacial score (nSPS) is 23.3. The average Bonchev–Trinajstić information content (AvgIpc) is 3.23. The summed E-state index contributed by atoms with van der Waals surface area (Å²) >= 11 is 0. The highest BCUT2D eigenvalue weighted by Crippen LogP contribution is 2.43. The van der Waals surface area contributed by atoms with Gasteiger partial charge in [-0.2, -0.15) is 5.10 Å². The zero-order chi connectivity index (χ0) is 17.6. The van der Waals surface area contributed by atoms with Crippen molar-refractivity contribution in [2.45, 2.75) is 51.1 Å². The van der Waals surface area contributed by atoms with Crippen molar-refractivity contribution in [3.63, 3.8) is 0 Å². The van der Waals surface area contributed by atoms with Gasteiger partial charge in [0.25, 0.3) is 0 Å². The highest BCUT2D eigenvalue weighted by atomic mass is 16.5. The molecule has 134 valence electrons. The number of likely N-dealkylation sites (tertiary alicyclic amines) is 1. The van der Waals surface area contributed by atoms with Gasteiger partial charge in [-0.3, -0.25) is 14.4 Å². The Kier molecular flexibility index (Phi) is 3.91. The molecule has 25 heavy (non-hydrogen) atoms. The van der Waals surface area contributed by atoms with Crippen LogP contribution in [-0.2, 0) is 18.4 Å². The highest BCUT2D eigenvalue weighted by molar-refractivity contribution is 5.81. The van der Waals surface area contributed by atoms with E-state index >= 15 is 0 Å². The van der Waals surface area contributed by atoms with Crippen LogP contribution in [0.3, 0.4) is 0 Å². The summed E-state index contributed by atoms with van der Waals surface area (Å²) in [7, 11) is 1.92. The van der Waals surface area contributed by atoms with Gasteiger partial charge in [0.1, 0.15) is 5.76 Å². The van der Waals surface area contributed by atoms with Crippen LogP contribution in [0.15, 0.2) is 16.9 Å². The molecule has 0 radical (unpaired) electrons. The number of nitrogens with one attached hydrogen (secondary N) is 1. The van der Waals surface area contributed by atoms with E-state index in [4.69, 9.17) is 4.52 Å². The quantitative estimate of drug-likeness (QED) is 0.917. The number of aromatic nitrogens is 3. The Hall–Kier alpha value is -2.15. The molecule has 7 heteroatoms. The fourth-order valence-electron chi connectivity index (χ4n) is 4.39. The van der Waals surface area contributed by atoms with Gasteiger partial charge in [-0.15, -0.1) is 0 Å². The summed E-state index contributed by atoms with van der Waals surface area (Å²) in [4.78, 5) is 14.6. The SMILES string of the molecule is Cc1noc(C)c1CN1CCC2(CC1)NC(=O)C[C@H]2c1cnn(C)c1. The Bertz CT molecular complexity index is 766. The van der Waals surface area contributed by atoms with Gasteiger partial charge >= 0.3 is 0 Å². The Morgan fingerprint density at radius 2 is 2.12 bits per heavy atom. The van der Waals surface area contributed by atoms with Crippen molar-refractivity contribution >= 4 is 5.91 Å². The van der Waals surface area contributed by atoms with Crippen LogP contribution in [0.5, 0.6) is 0 Å². The third-order valence-corrected chi connectivity index (χ3v) is 5.88. The number of carbonyl (C=O) groups is 1. The first-order chi connectivity index (χ1) is 12.0. The van der Waals surface area contributed by atoms with Gasteiger partial charge in [0.15, 0.2) is 0 Å². The molecule has 2 aliphatic rings. The molecule has 7 nitrogen and oxygen atoms in total. The molecule has 0 saturated carbocycles. The van der Waals surface area contributed by atoms with Crippen LogP contribution in [0.25, 0.3) is 0 Å². The summed E-state index contributed by atoms with van der Waals surface area (Å²) < 4.78 is 7.10. The molecule has 2 fully saturated rings. The molecule has 1 amide bonds. The predicted octanol–water partition coefficient (Wildman–Crippen LogP) is 1.66. The van der Waals surface area contributed by atoms with E-state index in [9.17, 15) is 4.79 Å². The smallest absolute Gasteiger partial charge is 0.221 e. The third-order valence-electron chi connectivity index (χ3n) is 5.88. The van der Waals surface area contributed by atoms with Gasteiger partial charge in [0.2, 0.25) is 5.91 Å². The Morgan fingerprint density at radius 1 is 1.36 bits per heavy atom. The first-order valence-electron chi connectivity index (χ1n) is 8.90. The summed E-state index contributed by atoms with van der Waals surface area (Å²) in [5.74, 6) is 1.28. The molecule has 1 N–H and O–H groups in total. The fraction of sp³-hybridized carbons (Fsp3) is 0.611. The van der Waals surface area contributed by atoms with Crippen molar-refractivity contribution in [1.82, 2.24) is 25.2 Å². The lowest BCUT2D eigenvalue weighted by atomic mass is 9.75. The molecule has 0 aromatic carbocycles. The monoisotopic (exact) mass is 343 g/mol. The largest absolute Gasteiger partial charge is 0.361 e. The van der Waals surface area contributed by atoms with Crippen LogP contribution in [-0.4, -0.2) is 44.4 Å². The number of hydrogen-bond acceptors (Lipinski definition) is 5. The zero-order valence-electron chi connectivity index (χ0n) is 15.1. The molecule has 0 bridgehead atoms. The van der Waals surface area contributed by atoms with Crippen molar-refractivity contribution in [3.8, 4) is 0 Å². The van der Waals surface area contributed by atoms with Crippen molar-refractivity contribution < 1.29 is 9.32 Å². The molecule has 1 atom stereocenters. The van der Waals surface area contributed by atoms with Crippen LogP contribution >= 0.6 is 0 Å². The van der Waals surface area contributed by atoms with Crippen molar-refractivity contribution in [1.29, 1.82) is 0 Å². The summed E-state index contributed by atoms with van der Waals surface area (Å²) in [6.45, 7) is 6.74. The Labute approximate surface area is 147 Å². The number of aryl methyl sites for hydroxylation is 3. The maximum Gasteiger partial charge on any atom is 0.221 e. The minimum Gasteiger partial charge on any atom is -0.361 e. The maximum atomic E-state index is 12.2. The van der Waals surface area contributed by atoms with Crippen LogP contribution in [0.2, 0.25) is 0 Å². The number of nitrogens with zero attached hydrogens (tertiary/aromatic N) is 4. The molecule has 1 spiro atoms. The van der Waals surface area contributed by atoms with Crippen LogP contribution in [0.1, 0.15) is 47.8 Å². The standard InChI is InChI=1S/C18H25N5O2/c1-12-15(13(2)25-21-12)11-23-6-4-18(5-7-23)16(8-17(24)20-18)14-9-19-22(3)10-14/h9-10,16H,4-8,11H2,1-3H3,(H,20,24)/t16-/m0/s1. The van der Waals surface area contributed by atoms with Gasteiger partial charge in [-0.1, -0.05) is 5.16 Å². The van der Waals surface area contributed by atoms with E-state index in [1.54, 1.807) is 0 Å². The van der Waals surface area contributed by atoms with Crippen LogP contribution < -0.4 is 5.32 Å². The summed E-state index contributed by atoms with van der Waals surface area (Å²) in [5.41, 5.74) is 3.20. The van der Waals surface area contributed by atoms with E-state index in [1.165, 1.54) is 11.1 Å². The van der Waals surface area contributed by atoms with E-state index in [2.05, 4.69) is 20.5 Å². The lowest BCUT2D eigenvalue weighted by Crippen LogP contribution is -2.53. The van der Waals surface area contributed by atoms with Gasteiger partial charge < -0.3 is 9.84 Å². The number of carbonyl (C=O) groups excluding carboxylic acids is 1. The molecule has 0 unspecified atom stereocenters. The minimum atomic E-state index is -0.130. The number of rotatable bonds is 3. The second-order valence-electron chi connectivity index (χ2n) is 7.49. The van der Waals surface area contributed by atoms with E-state index in [0.29, 0.717) is 6.42 Å². The number of hydrogen-bond donors (Lipinski definition) is 1. The maximum absolute atomic E-state index is 12.2. The molecular weight excluding hydrogens is 318 g/mol. The molecule has 0 aliphatic carbocycles. The molecule has 2 aromatic rings. The van der Waals surface area contributed by atoms with Gasteiger partial charge in [-0.25, -0.2) is 0 Å². The first kappa shape index (κ1) is 16.3. The van der Waals surface area contributed by atoms with E-state index < -0.39 is 0 Å². The van der Waals surface area contributed by atoms with Crippen LogP contribution in [0, 0.1) is 13.8 Å². The van der Waals surface area contributed by atoms with E-state index in [-0.39, 0.29) is 17.4 Å². The first-order valence-corrected chi connectivity index (χ1v) is 8.90. The minimum absolute atomic E-state index is 0.130. The summed E-state index contributed by atoms with van der Waals surface area (Å²) in [6, 6.07) is 0. The second kappa shape index (κ2) is 5.98. The summed E-state index contributed by atoms with van der Waals surface area (Å²) in [5, 5.41) is 11.6. The third kappa shape index (κ3) is 2.86. The lowest BCUT2D eigenvalue weighted by molar-refractivity contribution is -0.120. The number of amides is 1. The van der Waals surface area contributed by atoms with Crippen molar-refractivity contribution in [2.75, 3.05) is 13.1 Å². The molecule has 2 aromatic heterocycles. The molecule has 4 rings (SSSR count). The molecule has 2 aliphatic heterocycles. The van der Waals surface area contributed by atoms with Gasteiger partial charge in [0, 0.05) is 56.3 Å². The van der Waals surface area contributed by atoms with Crippen molar-refractivity contribution in [3.05, 3.63) is 35.0 Å². The Balaban J connectivity index is 1.48. The predicted molar refractivity (Wildman–Crippen MR) is 91.9 cm³/mol.